The zero-order chi connectivity index (χ0) is 22.2. The second kappa shape index (κ2) is 7.77. The second-order valence-corrected chi connectivity index (χ2v) is 7.26. The molecule has 0 saturated heterocycles. The van der Waals surface area contributed by atoms with Gasteiger partial charge in [0.25, 0.3) is 5.91 Å². The van der Waals surface area contributed by atoms with Crippen molar-refractivity contribution in [1.29, 1.82) is 0 Å². The molecule has 7 nitrogen and oxygen atoms in total. The summed E-state index contributed by atoms with van der Waals surface area (Å²) in [5, 5.41) is 11.5. The van der Waals surface area contributed by atoms with E-state index in [1.807, 2.05) is 19.1 Å². The SMILES string of the molecule is CCOc1ccc(N2C(=O)C(O)=C(C(=O)c3cc4ccccc4o3)C2c2ccco2)cc1. The molecule has 7 heteroatoms. The lowest BCUT2D eigenvalue weighted by molar-refractivity contribution is -0.117. The van der Waals surface area contributed by atoms with Crippen LogP contribution in [0.2, 0.25) is 0 Å². The van der Waals surface area contributed by atoms with Crippen molar-refractivity contribution in [1.82, 2.24) is 0 Å². The number of aliphatic hydroxyl groups is 1. The number of fused-ring (bicyclic) bond motifs is 1. The average Bonchev–Trinajstić information content (AvgIpc) is 3.53. The number of hydrogen-bond acceptors (Lipinski definition) is 6. The molecule has 32 heavy (non-hydrogen) atoms. The first-order valence-corrected chi connectivity index (χ1v) is 10.1. The van der Waals surface area contributed by atoms with Gasteiger partial charge in [-0.25, -0.2) is 0 Å². The number of carbonyl (C=O) groups excluding carboxylic acids is 2. The molecule has 1 aliphatic rings. The number of amides is 1. The summed E-state index contributed by atoms with van der Waals surface area (Å²) in [6.45, 7) is 2.39. The first-order chi connectivity index (χ1) is 15.6. The van der Waals surface area contributed by atoms with E-state index in [2.05, 4.69) is 0 Å². The Labute approximate surface area is 183 Å². The molecule has 1 aliphatic heterocycles. The molecule has 1 N–H and O–H groups in total. The Bertz CT molecular complexity index is 1300. The number of ether oxygens (including phenoxy) is 1. The molecule has 1 unspecified atom stereocenters. The van der Waals surface area contributed by atoms with Crippen molar-refractivity contribution in [3.05, 3.63) is 95.8 Å². The van der Waals surface area contributed by atoms with Crippen LogP contribution in [0.15, 0.2) is 93.2 Å². The maximum absolute atomic E-state index is 13.4. The number of carbonyl (C=O) groups is 2. The Hall–Kier alpha value is -4.26. The quantitative estimate of drug-likeness (QED) is 0.423. The van der Waals surface area contributed by atoms with Crippen LogP contribution < -0.4 is 9.64 Å². The Morgan fingerprint density at radius 2 is 1.88 bits per heavy atom. The highest BCUT2D eigenvalue weighted by atomic mass is 16.5. The van der Waals surface area contributed by atoms with Gasteiger partial charge in [-0.2, -0.15) is 0 Å². The second-order valence-electron chi connectivity index (χ2n) is 7.26. The van der Waals surface area contributed by atoms with Crippen molar-refractivity contribution in [2.75, 3.05) is 11.5 Å². The molecule has 3 heterocycles. The third-order valence-corrected chi connectivity index (χ3v) is 5.34. The highest BCUT2D eigenvalue weighted by Gasteiger charge is 2.46. The highest BCUT2D eigenvalue weighted by molar-refractivity contribution is 6.20. The molecule has 0 fully saturated rings. The van der Waals surface area contributed by atoms with Crippen LogP contribution in [0.3, 0.4) is 0 Å². The molecule has 0 saturated carbocycles. The Kier molecular flexibility index (Phi) is 4.78. The van der Waals surface area contributed by atoms with Crippen molar-refractivity contribution in [2.45, 2.75) is 13.0 Å². The first kappa shape index (κ1) is 19.7. The van der Waals surface area contributed by atoms with Crippen molar-refractivity contribution < 1.29 is 28.3 Å². The summed E-state index contributed by atoms with van der Waals surface area (Å²) in [6.07, 6.45) is 1.45. The van der Waals surface area contributed by atoms with Crippen LogP contribution in [-0.4, -0.2) is 23.4 Å². The predicted octanol–water partition coefficient (Wildman–Crippen LogP) is 5.21. The molecule has 1 amide bonds. The molecule has 0 spiro atoms. The molecule has 0 aliphatic carbocycles. The van der Waals surface area contributed by atoms with Gasteiger partial charge in [-0.15, -0.1) is 0 Å². The number of Topliss-reactive ketones (excluding diaryl/α,β-unsaturated/α-hetero) is 1. The van der Waals surface area contributed by atoms with Crippen molar-refractivity contribution in [2.24, 2.45) is 0 Å². The Morgan fingerprint density at radius 1 is 1.09 bits per heavy atom. The Morgan fingerprint density at radius 3 is 2.56 bits per heavy atom. The van der Waals surface area contributed by atoms with E-state index in [1.165, 1.54) is 11.2 Å². The number of hydrogen-bond donors (Lipinski definition) is 1. The summed E-state index contributed by atoms with van der Waals surface area (Å²) >= 11 is 0. The van der Waals surface area contributed by atoms with E-state index in [1.54, 1.807) is 54.6 Å². The average molecular weight is 429 g/mol. The summed E-state index contributed by atoms with van der Waals surface area (Å²) < 4.78 is 16.7. The van der Waals surface area contributed by atoms with E-state index in [-0.39, 0.29) is 11.3 Å². The number of furan rings is 2. The Balaban J connectivity index is 1.59. The lowest BCUT2D eigenvalue weighted by Crippen LogP contribution is -2.30. The maximum Gasteiger partial charge on any atom is 0.294 e. The summed E-state index contributed by atoms with van der Waals surface area (Å²) in [4.78, 5) is 27.9. The van der Waals surface area contributed by atoms with E-state index >= 15 is 0 Å². The van der Waals surface area contributed by atoms with E-state index < -0.39 is 23.5 Å². The van der Waals surface area contributed by atoms with Crippen molar-refractivity contribution in [3.8, 4) is 5.75 Å². The number of para-hydroxylation sites is 1. The lowest BCUT2D eigenvalue weighted by Gasteiger charge is -2.25. The van der Waals surface area contributed by atoms with Crippen LogP contribution in [0.25, 0.3) is 11.0 Å². The van der Waals surface area contributed by atoms with E-state index in [4.69, 9.17) is 13.6 Å². The minimum atomic E-state index is -0.948. The summed E-state index contributed by atoms with van der Waals surface area (Å²) in [5.74, 6) is -0.891. The smallest absolute Gasteiger partial charge is 0.294 e. The minimum absolute atomic E-state index is 0.0330. The van der Waals surface area contributed by atoms with Gasteiger partial charge in [0.05, 0.1) is 18.4 Å². The number of nitrogens with zero attached hydrogens (tertiary/aromatic N) is 1. The first-order valence-electron chi connectivity index (χ1n) is 10.1. The largest absolute Gasteiger partial charge is 0.503 e. The summed E-state index contributed by atoms with van der Waals surface area (Å²) in [7, 11) is 0. The zero-order valence-electron chi connectivity index (χ0n) is 17.1. The third kappa shape index (κ3) is 3.15. The lowest BCUT2D eigenvalue weighted by atomic mass is 9.99. The van der Waals surface area contributed by atoms with E-state index in [0.717, 1.165) is 5.39 Å². The number of anilines is 1. The van der Waals surface area contributed by atoms with Gasteiger partial charge >= 0.3 is 0 Å². The minimum Gasteiger partial charge on any atom is -0.503 e. The van der Waals surface area contributed by atoms with Gasteiger partial charge in [-0.3, -0.25) is 14.5 Å². The molecular formula is C25H19NO6. The van der Waals surface area contributed by atoms with Crippen LogP contribution in [-0.2, 0) is 4.79 Å². The normalized spacial score (nSPS) is 16.2. The number of benzene rings is 2. The van der Waals surface area contributed by atoms with Gasteiger partial charge in [0.15, 0.2) is 11.5 Å². The van der Waals surface area contributed by atoms with Crippen molar-refractivity contribution in [3.63, 3.8) is 0 Å². The van der Waals surface area contributed by atoms with Crippen LogP contribution >= 0.6 is 0 Å². The molecular weight excluding hydrogens is 410 g/mol. The molecule has 5 rings (SSSR count). The fourth-order valence-corrected chi connectivity index (χ4v) is 3.92. The number of ketones is 1. The number of rotatable bonds is 6. The maximum atomic E-state index is 13.4. The van der Waals surface area contributed by atoms with Crippen LogP contribution in [0.1, 0.15) is 29.3 Å². The van der Waals surface area contributed by atoms with Gasteiger partial charge in [-0.1, -0.05) is 18.2 Å². The van der Waals surface area contributed by atoms with Gasteiger partial charge < -0.3 is 18.7 Å². The summed E-state index contributed by atoms with van der Waals surface area (Å²) in [6, 6.07) is 18.0. The van der Waals surface area contributed by atoms with Gasteiger partial charge in [-0.05, 0) is 55.5 Å². The van der Waals surface area contributed by atoms with Crippen LogP contribution in [0.4, 0.5) is 5.69 Å². The van der Waals surface area contributed by atoms with E-state index in [0.29, 0.717) is 29.4 Å². The van der Waals surface area contributed by atoms with Crippen LogP contribution in [0, 0.1) is 0 Å². The molecule has 160 valence electrons. The fraction of sp³-hybridized carbons (Fsp3) is 0.120. The molecule has 1 atom stereocenters. The fourth-order valence-electron chi connectivity index (χ4n) is 3.92. The number of aliphatic hydroxyl groups excluding tert-OH is 1. The molecule has 2 aromatic heterocycles. The van der Waals surface area contributed by atoms with Gasteiger partial charge in [0, 0.05) is 11.1 Å². The monoisotopic (exact) mass is 429 g/mol. The molecule has 0 bridgehead atoms. The molecule has 2 aromatic carbocycles. The standard InChI is InChI=1S/C25H19NO6/c1-2-30-17-11-9-16(10-12-17)26-22(19-8-5-13-31-19)21(24(28)25(26)29)23(27)20-14-15-6-3-4-7-18(15)32-20/h3-14,22,28H,2H2,1H3. The molecule has 4 aromatic rings. The molecule has 0 radical (unpaired) electrons. The van der Waals surface area contributed by atoms with Gasteiger partial charge in [0.2, 0.25) is 5.78 Å². The third-order valence-electron chi connectivity index (χ3n) is 5.34. The van der Waals surface area contributed by atoms with E-state index in [9.17, 15) is 14.7 Å². The van der Waals surface area contributed by atoms with Gasteiger partial charge in [0.1, 0.15) is 23.1 Å². The summed E-state index contributed by atoms with van der Waals surface area (Å²) in [5.41, 5.74) is 0.926. The topological polar surface area (TPSA) is 93.1 Å². The zero-order valence-corrected chi connectivity index (χ0v) is 17.1. The van der Waals surface area contributed by atoms with Crippen molar-refractivity contribution >= 4 is 28.3 Å². The van der Waals surface area contributed by atoms with Crippen LogP contribution in [0.5, 0.6) is 5.75 Å². The predicted molar refractivity (Wildman–Crippen MR) is 117 cm³/mol. The highest BCUT2D eigenvalue weighted by Crippen LogP contribution is 2.42.